The second-order valence-electron chi connectivity index (χ2n) is 5.46. The number of aliphatic hydroxyl groups is 1. The molecule has 0 unspecified atom stereocenters. The highest BCUT2D eigenvalue weighted by Crippen LogP contribution is 2.11. The van der Waals surface area contributed by atoms with Crippen molar-refractivity contribution in [2.24, 2.45) is 0 Å². The average molecular weight is 317 g/mol. The molecule has 3 nitrogen and oxygen atoms in total. The molecule has 0 saturated carbocycles. The number of hydrogen-bond acceptors (Lipinski definition) is 3. The molecule has 0 spiro atoms. The Balaban J connectivity index is 1.68. The van der Waals surface area contributed by atoms with E-state index < -0.39 is 0 Å². The van der Waals surface area contributed by atoms with Crippen LogP contribution in [0.5, 0.6) is 5.75 Å². The van der Waals surface area contributed by atoms with E-state index in [4.69, 9.17) is 4.74 Å². The van der Waals surface area contributed by atoms with Crippen molar-refractivity contribution in [3.05, 3.63) is 66.0 Å². The van der Waals surface area contributed by atoms with Crippen LogP contribution in [0.3, 0.4) is 0 Å². The zero-order valence-corrected chi connectivity index (χ0v) is 13.3. The number of hydrogen-bond donors (Lipinski definition) is 1. The molecule has 0 heterocycles. The lowest BCUT2D eigenvalue weighted by Crippen LogP contribution is -2.31. The lowest BCUT2D eigenvalue weighted by atomic mass is 10.1. The van der Waals surface area contributed by atoms with Gasteiger partial charge in [0.05, 0.1) is 13.2 Å². The number of nitrogens with zero attached hydrogens (tertiary/aromatic N) is 1. The van der Waals surface area contributed by atoms with Crippen LogP contribution in [0.15, 0.2) is 54.6 Å². The Morgan fingerprint density at radius 3 is 2.35 bits per heavy atom. The van der Waals surface area contributed by atoms with Crippen molar-refractivity contribution in [2.75, 3.05) is 32.8 Å². The number of benzene rings is 2. The molecule has 0 aliphatic rings. The third-order valence-electron chi connectivity index (χ3n) is 3.68. The Bertz CT molecular complexity index is 545. The van der Waals surface area contributed by atoms with E-state index in [0.717, 1.165) is 25.9 Å². The molecule has 1 N–H and O–H groups in total. The monoisotopic (exact) mass is 317 g/mol. The first-order valence-electron chi connectivity index (χ1n) is 8.03. The Morgan fingerprint density at radius 1 is 0.913 bits per heavy atom. The fourth-order valence-corrected chi connectivity index (χ4v) is 2.42. The third-order valence-corrected chi connectivity index (χ3v) is 3.68. The van der Waals surface area contributed by atoms with Gasteiger partial charge in [-0.1, -0.05) is 30.3 Å². The zero-order chi connectivity index (χ0) is 16.3. The Labute approximate surface area is 137 Å². The minimum atomic E-state index is -0.257. The molecule has 2 aromatic carbocycles. The summed E-state index contributed by atoms with van der Waals surface area (Å²) in [5.74, 6) is 0.428. The lowest BCUT2D eigenvalue weighted by Gasteiger charge is -2.21. The quantitative estimate of drug-likeness (QED) is 0.683. The van der Waals surface area contributed by atoms with E-state index in [1.807, 2.05) is 18.2 Å². The Kier molecular flexibility index (Phi) is 7.57. The highest BCUT2D eigenvalue weighted by Gasteiger charge is 2.05. The van der Waals surface area contributed by atoms with Crippen LogP contribution in [0.1, 0.15) is 12.0 Å². The van der Waals surface area contributed by atoms with Gasteiger partial charge in [-0.15, -0.1) is 0 Å². The summed E-state index contributed by atoms with van der Waals surface area (Å²) < 4.78 is 18.4. The van der Waals surface area contributed by atoms with E-state index in [9.17, 15) is 9.50 Å². The van der Waals surface area contributed by atoms with Crippen LogP contribution in [0.4, 0.5) is 4.39 Å². The van der Waals surface area contributed by atoms with E-state index >= 15 is 0 Å². The second kappa shape index (κ2) is 9.98. The SMILES string of the molecule is OCCN(CCCOc1ccc(F)cc1)CCc1ccccc1. The van der Waals surface area contributed by atoms with Crippen LogP contribution < -0.4 is 4.74 Å². The van der Waals surface area contributed by atoms with Crippen molar-refractivity contribution < 1.29 is 14.2 Å². The largest absolute Gasteiger partial charge is 0.494 e. The summed E-state index contributed by atoms with van der Waals surface area (Å²) in [6, 6.07) is 16.4. The van der Waals surface area contributed by atoms with Crippen molar-refractivity contribution in [1.29, 1.82) is 0 Å². The normalized spacial score (nSPS) is 10.9. The van der Waals surface area contributed by atoms with Crippen LogP contribution >= 0.6 is 0 Å². The Hall–Kier alpha value is -1.91. The predicted molar refractivity (Wildman–Crippen MR) is 90.2 cm³/mol. The van der Waals surface area contributed by atoms with E-state index in [0.29, 0.717) is 18.9 Å². The van der Waals surface area contributed by atoms with Crippen LogP contribution in [0.25, 0.3) is 0 Å². The molecule has 0 aromatic heterocycles. The standard InChI is InChI=1S/C19H24FNO2/c20-18-7-9-19(10-8-18)23-16-4-12-21(14-15-22)13-11-17-5-2-1-3-6-17/h1-3,5-10,22H,4,11-16H2. The van der Waals surface area contributed by atoms with Gasteiger partial charge in [-0.05, 0) is 42.7 Å². The van der Waals surface area contributed by atoms with Crippen LogP contribution in [-0.4, -0.2) is 42.9 Å². The van der Waals surface area contributed by atoms with Gasteiger partial charge >= 0.3 is 0 Å². The summed E-state index contributed by atoms with van der Waals surface area (Å²) in [7, 11) is 0. The number of rotatable bonds is 10. The molecule has 2 aromatic rings. The highest BCUT2D eigenvalue weighted by atomic mass is 19.1. The molecule has 2 rings (SSSR count). The second-order valence-corrected chi connectivity index (χ2v) is 5.46. The van der Waals surface area contributed by atoms with Crippen LogP contribution in [0, 0.1) is 5.82 Å². The molecule has 0 aliphatic heterocycles. The molecule has 0 bridgehead atoms. The predicted octanol–water partition coefficient (Wildman–Crippen LogP) is 3.13. The van der Waals surface area contributed by atoms with Gasteiger partial charge in [0.2, 0.25) is 0 Å². The zero-order valence-electron chi connectivity index (χ0n) is 13.3. The van der Waals surface area contributed by atoms with Gasteiger partial charge in [-0.25, -0.2) is 4.39 Å². The van der Waals surface area contributed by atoms with Crippen LogP contribution in [-0.2, 0) is 6.42 Å². The molecule has 0 radical (unpaired) electrons. The minimum absolute atomic E-state index is 0.160. The summed E-state index contributed by atoms with van der Waals surface area (Å²) >= 11 is 0. The van der Waals surface area contributed by atoms with Crippen molar-refractivity contribution in [2.45, 2.75) is 12.8 Å². The van der Waals surface area contributed by atoms with Gasteiger partial charge in [-0.2, -0.15) is 0 Å². The lowest BCUT2D eigenvalue weighted by molar-refractivity contribution is 0.184. The van der Waals surface area contributed by atoms with Gasteiger partial charge in [0.15, 0.2) is 0 Å². The highest BCUT2D eigenvalue weighted by molar-refractivity contribution is 5.22. The number of aliphatic hydroxyl groups excluding tert-OH is 1. The molecule has 0 saturated heterocycles. The van der Waals surface area contributed by atoms with Crippen molar-refractivity contribution in [1.82, 2.24) is 4.90 Å². The van der Waals surface area contributed by atoms with Gasteiger partial charge in [0.1, 0.15) is 11.6 Å². The number of ether oxygens (including phenoxy) is 1. The van der Waals surface area contributed by atoms with Gasteiger partial charge in [0.25, 0.3) is 0 Å². The van der Waals surface area contributed by atoms with E-state index in [-0.39, 0.29) is 12.4 Å². The summed E-state index contributed by atoms with van der Waals surface area (Å²) in [6.07, 6.45) is 1.84. The first kappa shape index (κ1) is 17.4. The number of halogens is 1. The molecule has 23 heavy (non-hydrogen) atoms. The smallest absolute Gasteiger partial charge is 0.123 e. The molecular formula is C19H24FNO2. The van der Waals surface area contributed by atoms with Crippen molar-refractivity contribution >= 4 is 0 Å². The average Bonchev–Trinajstić information content (AvgIpc) is 2.59. The van der Waals surface area contributed by atoms with Crippen molar-refractivity contribution in [3.8, 4) is 5.75 Å². The summed E-state index contributed by atoms with van der Waals surface area (Å²) in [6.45, 7) is 3.20. The first-order valence-corrected chi connectivity index (χ1v) is 8.03. The molecule has 124 valence electrons. The summed E-state index contributed by atoms with van der Waals surface area (Å²) in [5, 5.41) is 9.19. The summed E-state index contributed by atoms with van der Waals surface area (Å²) in [4.78, 5) is 2.24. The topological polar surface area (TPSA) is 32.7 Å². The molecule has 0 fully saturated rings. The fourth-order valence-electron chi connectivity index (χ4n) is 2.42. The molecule has 0 aliphatic carbocycles. The van der Waals surface area contributed by atoms with Gasteiger partial charge in [0, 0.05) is 19.6 Å². The van der Waals surface area contributed by atoms with E-state index in [2.05, 4.69) is 17.0 Å². The minimum Gasteiger partial charge on any atom is -0.494 e. The summed E-state index contributed by atoms with van der Waals surface area (Å²) in [5.41, 5.74) is 1.30. The molecular weight excluding hydrogens is 293 g/mol. The fraction of sp³-hybridized carbons (Fsp3) is 0.368. The third kappa shape index (κ3) is 6.80. The van der Waals surface area contributed by atoms with E-state index in [1.165, 1.54) is 17.7 Å². The molecule has 0 atom stereocenters. The van der Waals surface area contributed by atoms with E-state index in [1.54, 1.807) is 12.1 Å². The maximum absolute atomic E-state index is 12.8. The van der Waals surface area contributed by atoms with Crippen LogP contribution in [0.2, 0.25) is 0 Å². The van der Waals surface area contributed by atoms with Crippen molar-refractivity contribution in [3.63, 3.8) is 0 Å². The van der Waals surface area contributed by atoms with Gasteiger partial charge < -0.3 is 14.7 Å². The first-order chi connectivity index (χ1) is 11.3. The Morgan fingerprint density at radius 2 is 1.65 bits per heavy atom. The molecule has 4 heteroatoms. The van der Waals surface area contributed by atoms with Gasteiger partial charge in [-0.3, -0.25) is 0 Å². The maximum atomic E-state index is 12.8. The maximum Gasteiger partial charge on any atom is 0.123 e. The molecule has 0 amide bonds.